The summed E-state index contributed by atoms with van der Waals surface area (Å²) in [5.74, 6) is -2.78. The molecular formula is C36H47ClF4N4O. The molecule has 0 radical (unpaired) electrons. The first-order valence-corrected chi connectivity index (χ1v) is 17.4. The van der Waals surface area contributed by atoms with Gasteiger partial charge in [0.2, 0.25) is 0 Å². The molecule has 0 bridgehead atoms. The number of aromatic nitrogens is 2. The van der Waals surface area contributed by atoms with Crippen LogP contribution in [0.4, 0.5) is 17.6 Å². The average molecular weight is 663 g/mol. The fraction of sp³-hybridized carbons (Fsp3) is 0.639. The zero-order valence-electron chi connectivity index (χ0n) is 27.0. The molecule has 46 heavy (non-hydrogen) atoms. The van der Waals surface area contributed by atoms with Crippen molar-refractivity contribution in [1.82, 2.24) is 19.6 Å². The number of alkyl halides is 4. The summed E-state index contributed by atoms with van der Waals surface area (Å²) in [6, 6.07) is 5.98. The van der Waals surface area contributed by atoms with E-state index in [0.29, 0.717) is 30.2 Å². The molecule has 5 nitrogen and oxygen atoms in total. The Hall–Kier alpha value is -2.20. The van der Waals surface area contributed by atoms with Gasteiger partial charge in [0.25, 0.3) is 12.3 Å². The van der Waals surface area contributed by atoms with Gasteiger partial charge in [0.1, 0.15) is 5.69 Å². The van der Waals surface area contributed by atoms with Gasteiger partial charge in [-0.25, -0.2) is 17.6 Å². The lowest BCUT2D eigenvalue weighted by Crippen LogP contribution is -2.55. The number of ether oxygens (including phenoxy) is 1. The minimum Gasteiger partial charge on any atom is -0.377 e. The third kappa shape index (κ3) is 7.43. The number of rotatable bonds is 10. The monoisotopic (exact) mass is 662 g/mol. The SMILES string of the molecule is CCOCc1cnn(C2CCCCCC(c3cc(Cl)ccc3C3=CCC(C)(N4CCN(CC5CC5(F)F)CC4)C=C3)C2)c1C(F)F. The topological polar surface area (TPSA) is 33.5 Å². The lowest BCUT2D eigenvalue weighted by molar-refractivity contribution is 0.0493. The number of hydrogen-bond donors (Lipinski definition) is 0. The predicted octanol–water partition coefficient (Wildman–Crippen LogP) is 9.06. The molecule has 4 atom stereocenters. The summed E-state index contributed by atoms with van der Waals surface area (Å²) in [7, 11) is 0. The highest BCUT2D eigenvalue weighted by molar-refractivity contribution is 6.30. The van der Waals surface area contributed by atoms with Crippen molar-refractivity contribution in [3.8, 4) is 0 Å². The molecule has 2 saturated carbocycles. The lowest BCUT2D eigenvalue weighted by Gasteiger charge is -2.45. The Balaban J connectivity index is 1.18. The largest absolute Gasteiger partial charge is 0.377 e. The van der Waals surface area contributed by atoms with Crippen molar-refractivity contribution in [2.24, 2.45) is 5.92 Å². The summed E-state index contributed by atoms with van der Waals surface area (Å²) in [4.78, 5) is 4.67. The summed E-state index contributed by atoms with van der Waals surface area (Å²) < 4.78 is 62.7. The third-order valence-electron chi connectivity index (χ3n) is 10.7. The Labute approximate surface area is 275 Å². The van der Waals surface area contributed by atoms with Gasteiger partial charge in [-0.3, -0.25) is 9.58 Å². The Morgan fingerprint density at radius 2 is 1.85 bits per heavy atom. The number of hydrogen-bond acceptors (Lipinski definition) is 4. The van der Waals surface area contributed by atoms with Crippen LogP contribution in [0.1, 0.15) is 106 Å². The van der Waals surface area contributed by atoms with Crippen molar-refractivity contribution in [1.29, 1.82) is 0 Å². The smallest absolute Gasteiger partial charge is 0.280 e. The van der Waals surface area contributed by atoms with Crippen molar-refractivity contribution in [3.05, 3.63) is 70.0 Å². The van der Waals surface area contributed by atoms with Crippen LogP contribution in [-0.2, 0) is 11.3 Å². The molecular weight excluding hydrogens is 616 g/mol. The van der Waals surface area contributed by atoms with Crippen LogP contribution in [0.2, 0.25) is 5.02 Å². The van der Waals surface area contributed by atoms with E-state index in [1.54, 1.807) is 10.9 Å². The van der Waals surface area contributed by atoms with Gasteiger partial charge in [0, 0.05) is 67.8 Å². The van der Waals surface area contributed by atoms with Gasteiger partial charge < -0.3 is 9.64 Å². The van der Waals surface area contributed by atoms with Crippen molar-refractivity contribution in [2.45, 2.75) is 102 Å². The summed E-state index contributed by atoms with van der Waals surface area (Å²) >= 11 is 6.61. The Morgan fingerprint density at radius 1 is 1.09 bits per heavy atom. The highest BCUT2D eigenvalue weighted by atomic mass is 35.5. The Kier molecular flexibility index (Phi) is 10.3. The molecule has 4 aliphatic rings. The summed E-state index contributed by atoms with van der Waals surface area (Å²) in [6.07, 6.45) is 12.2. The number of allylic oxidation sites excluding steroid dienone is 2. The predicted molar refractivity (Wildman–Crippen MR) is 175 cm³/mol. The quantitative estimate of drug-likeness (QED) is 0.238. The van der Waals surface area contributed by atoms with Crippen LogP contribution in [0.3, 0.4) is 0 Å². The second-order valence-corrected chi connectivity index (χ2v) is 14.3. The maximum Gasteiger partial charge on any atom is 0.280 e. The van der Waals surface area contributed by atoms with Gasteiger partial charge >= 0.3 is 0 Å². The van der Waals surface area contributed by atoms with Crippen LogP contribution >= 0.6 is 11.6 Å². The first kappa shape index (κ1) is 33.7. The molecule has 2 aromatic rings. The van der Waals surface area contributed by atoms with Gasteiger partial charge in [-0.2, -0.15) is 5.10 Å². The minimum atomic E-state index is -2.62. The van der Waals surface area contributed by atoms with Gasteiger partial charge in [0.15, 0.2) is 0 Å². The molecule has 0 spiro atoms. The van der Waals surface area contributed by atoms with Crippen LogP contribution in [-0.4, -0.2) is 70.4 Å². The molecule has 1 aromatic carbocycles. The van der Waals surface area contributed by atoms with E-state index in [2.05, 4.69) is 52.2 Å². The van der Waals surface area contributed by atoms with E-state index < -0.39 is 18.3 Å². The molecule has 0 amide bonds. The molecule has 10 heteroatoms. The first-order valence-electron chi connectivity index (χ1n) is 17.0. The molecule has 3 aliphatic carbocycles. The molecule has 1 aromatic heterocycles. The maximum atomic E-state index is 14.4. The van der Waals surface area contributed by atoms with Gasteiger partial charge in [-0.1, -0.05) is 55.2 Å². The summed E-state index contributed by atoms with van der Waals surface area (Å²) in [6.45, 7) is 8.55. The van der Waals surface area contributed by atoms with E-state index >= 15 is 0 Å². The molecule has 252 valence electrons. The van der Waals surface area contributed by atoms with E-state index in [-0.39, 0.29) is 36.2 Å². The zero-order chi connectivity index (χ0) is 32.5. The van der Waals surface area contributed by atoms with Crippen LogP contribution in [0.5, 0.6) is 0 Å². The third-order valence-corrected chi connectivity index (χ3v) is 11.0. The molecule has 1 aliphatic heterocycles. The maximum absolute atomic E-state index is 14.4. The normalized spacial score (nSPS) is 29.0. The number of halogens is 5. The highest BCUT2D eigenvalue weighted by Gasteiger charge is 2.57. The number of nitrogens with zero attached hydrogens (tertiary/aromatic N) is 4. The van der Waals surface area contributed by atoms with Crippen molar-refractivity contribution in [3.63, 3.8) is 0 Å². The second kappa shape index (κ2) is 14.1. The highest BCUT2D eigenvalue weighted by Crippen LogP contribution is 2.49. The van der Waals surface area contributed by atoms with E-state index in [0.717, 1.165) is 75.8 Å². The first-order chi connectivity index (χ1) is 22.1. The van der Waals surface area contributed by atoms with Gasteiger partial charge in [-0.15, -0.1) is 0 Å². The fourth-order valence-corrected chi connectivity index (χ4v) is 7.97. The molecule has 4 unspecified atom stereocenters. The Morgan fingerprint density at radius 3 is 2.52 bits per heavy atom. The fourth-order valence-electron chi connectivity index (χ4n) is 7.79. The van der Waals surface area contributed by atoms with Gasteiger partial charge in [0.05, 0.1) is 18.8 Å². The molecule has 2 heterocycles. The average Bonchev–Trinajstić information content (AvgIpc) is 3.40. The molecule has 1 saturated heterocycles. The van der Waals surface area contributed by atoms with Crippen LogP contribution in [0.15, 0.2) is 42.6 Å². The minimum absolute atomic E-state index is 0.0207. The second-order valence-electron chi connectivity index (χ2n) is 13.9. The molecule has 6 rings (SSSR count). The number of piperazine rings is 1. The summed E-state index contributed by atoms with van der Waals surface area (Å²) in [5, 5.41) is 5.18. The molecule has 3 fully saturated rings. The molecule has 0 N–H and O–H groups in total. The standard InChI is InChI=1S/C36H47ClF4N4O/c1-3-46-24-27-22-42-45(33(27)34(38)39)30-8-6-4-5-7-26(19-30)32-20-29(37)9-10-31(32)25-11-13-35(2,14-12-25)44-17-15-43(16-18-44)23-28-21-36(28,40)41/h9-13,20,22,26,28,30,34H,3-8,14-19,21,23-24H2,1-2H3. The number of benzene rings is 1. The van der Waals surface area contributed by atoms with Crippen LogP contribution < -0.4 is 0 Å². The van der Waals surface area contributed by atoms with E-state index in [1.807, 2.05) is 13.0 Å². The van der Waals surface area contributed by atoms with E-state index in [4.69, 9.17) is 16.3 Å². The van der Waals surface area contributed by atoms with Crippen molar-refractivity contribution < 1.29 is 22.3 Å². The van der Waals surface area contributed by atoms with Crippen molar-refractivity contribution in [2.75, 3.05) is 39.3 Å². The van der Waals surface area contributed by atoms with Crippen LogP contribution in [0, 0.1) is 5.92 Å². The lowest BCUT2D eigenvalue weighted by atomic mass is 9.79. The van der Waals surface area contributed by atoms with E-state index in [9.17, 15) is 17.6 Å². The summed E-state index contributed by atoms with van der Waals surface area (Å²) in [5.41, 5.74) is 3.78. The van der Waals surface area contributed by atoms with Gasteiger partial charge in [-0.05, 0) is 74.3 Å². The Bertz CT molecular complexity index is 1420. The van der Waals surface area contributed by atoms with Crippen molar-refractivity contribution >= 4 is 17.2 Å². The zero-order valence-corrected chi connectivity index (χ0v) is 27.8. The van der Waals surface area contributed by atoms with E-state index in [1.165, 1.54) is 5.56 Å². The van der Waals surface area contributed by atoms with Crippen LogP contribution in [0.25, 0.3) is 5.57 Å².